The number of H-pyrrole nitrogens is 1. The molecule has 146 valence electrons. The number of halogens is 1. The second kappa shape index (κ2) is 8.25. The number of rotatable bonds is 6. The minimum Gasteiger partial charge on any atom is -0.358 e. The van der Waals surface area contributed by atoms with E-state index in [9.17, 15) is 14.0 Å². The minimum atomic E-state index is -0.334. The van der Waals surface area contributed by atoms with Crippen LogP contribution in [0.3, 0.4) is 0 Å². The highest BCUT2D eigenvalue weighted by atomic mass is 19.1. The predicted octanol–water partition coefficient (Wildman–Crippen LogP) is 4.32. The number of fused-ring (bicyclic) bond motifs is 1. The van der Waals surface area contributed by atoms with E-state index >= 15 is 0 Å². The van der Waals surface area contributed by atoms with Crippen LogP contribution in [0.4, 0.5) is 10.1 Å². The van der Waals surface area contributed by atoms with E-state index < -0.39 is 0 Å². The number of anilines is 1. The summed E-state index contributed by atoms with van der Waals surface area (Å²) in [6.07, 6.45) is 0.989. The van der Waals surface area contributed by atoms with Gasteiger partial charge in [0.1, 0.15) is 5.82 Å². The fraction of sp³-hybridized carbons (Fsp3) is 0.273. The lowest BCUT2D eigenvalue weighted by molar-refractivity contribution is -0.115. The first kappa shape index (κ1) is 19.6. The van der Waals surface area contributed by atoms with Gasteiger partial charge in [-0.25, -0.2) is 4.39 Å². The molecule has 1 heterocycles. The van der Waals surface area contributed by atoms with Crippen molar-refractivity contribution in [3.63, 3.8) is 0 Å². The van der Waals surface area contributed by atoms with Gasteiger partial charge in [0.15, 0.2) is 0 Å². The lowest BCUT2D eigenvalue weighted by atomic mass is 10.1. The summed E-state index contributed by atoms with van der Waals surface area (Å²) >= 11 is 0. The molecule has 0 bridgehead atoms. The van der Waals surface area contributed by atoms with Gasteiger partial charge >= 0.3 is 0 Å². The minimum absolute atomic E-state index is 0.108. The number of aromatic amines is 1. The molecule has 0 saturated carbocycles. The molecule has 3 N–H and O–H groups in total. The smallest absolute Gasteiger partial charge is 0.251 e. The van der Waals surface area contributed by atoms with Crippen LogP contribution in [-0.4, -0.2) is 22.8 Å². The molecular weight excluding hydrogens is 357 g/mol. The van der Waals surface area contributed by atoms with Crippen molar-refractivity contribution in [2.45, 2.75) is 39.7 Å². The van der Waals surface area contributed by atoms with Crippen LogP contribution in [0.25, 0.3) is 10.9 Å². The molecule has 0 aliphatic carbocycles. The van der Waals surface area contributed by atoms with Gasteiger partial charge in [-0.1, -0.05) is 6.92 Å². The van der Waals surface area contributed by atoms with E-state index in [4.69, 9.17) is 0 Å². The molecule has 2 amide bonds. The lowest BCUT2D eigenvalue weighted by Gasteiger charge is -2.12. The summed E-state index contributed by atoms with van der Waals surface area (Å²) in [6, 6.07) is 11.4. The maximum Gasteiger partial charge on any atom is 0.251 e. The van der Waals surface area contributed by atoms with Crippen LogP contribution < -0.4 is 10.6 Å². The van der Waals surface area contributed by atoms with E-state index in [0.29, 0.717) is 16.6 Å². The zero-order chi connectivity index (χ0) is 20.3. The van der Waals surface area contributed by atoms with Gasteiger partial charge in [0, 0.05) is 33.9 Å². The third-order valence-electron chi connectivity index (χ3n) is 4.84. The average Bonchev–Trinajstić information content (AvgIpc) is 2.97. The van der Waals surface area contributed by atoms with Gasteiger partial charge in [0.25, 0.3) is 5.91 Å². The molecule has 1 atom stereocenters. The highest BCUT2D eigenvalue weighted by Crippen LogP contribution is 2.24. The maximum atomic E-state index is 13.6. The molecular formula is C22H24FN3O2. The summed E-state index contributed by atoms with van der Waals surface area (Å²) < 4.78 is 13.6. The molecule has 0 fully saturated rings. The van der Waals surface area contributed by atoms with Gasteiger partial charge in [-0.15, -0.1) is 0 Å². The zero-order valence-electron chi connectivity index (χ0n) is 16.2. The van der Waals surface area contributed by atoms with Crippen LogP contribution in [0.2, 0.25) is 0 Å². The Hall–Kier alpha value is -3.15. The molecule has 0 aliphatic rings. The van der Waals surface area contributed by atoms with Crippen molar-refractivity contribution in [2.75, 3.05) is 5.32 Å². The van der Waals surface area contributed by atoms with Crippen LogP contribution in [0, 0.1) is 12.7 Å². The van der Waals surface area contributed by atoms with Crippen LogP contribution >= 0.6 is 0 Å². The molecule has 1 aromatic heterocycles. The molecule has 3 rings (SSSR count). The van der Waals surface area contributed by atoms with Crippen molar-refractivity contribution in [3.8, 4) is 0 Å². The Kier molecular flexibility index (Phi) is 5.78. The van der Waals surface area contributed by atoms with E-state index in [-0.39, 0.29) is 30.1 Å². The average molecular weight is 381 g/mol. The Labute approximate surface area is 163 Å². The quantitative estimate of drug-likeness (QED) is 0.595. The first-order valence-electron chi connectivity index (χ1n) is 9.35. The van der Waals surface area contributed by atoms with Crippen molar-refractivity contribution in [1.29, 1.82) is 0 Å². The molecule has 0 spiro atoms. The van der Waals surface area contributed by atoms with Gasteiger partial charge in [-0.05, 0) is 68.3 Å². The number of hydrogen-bond acceptors (Lipinski definition) is 2. The van der Waals surface area contributed by atoms with Crippen molar-refractivity contribution in [1.82, 2.24) is 10.3 Å². The molecule has 28 heavy (non-hydrogen) atoms. The molecule has 6 heteroatoms. The van der Waals surface area contributed by atoms with Gasteiger partial charge in [-0.3, -0.25) is 9.59 Å². The van der Waals surface area contributed by atoms with E-state index in [0.717, 1.165) is 23.2 Å². The normalized spacial score (nSPS) is 12.0. The molecule has 0 aliphatic heterocycles. The highest BCUT2D eigenvalue weighted by Gasteiger charge is 2.14. The van der Waals surface area contributed by atoms with E-state index in [1.807, 2.05) is 20.8 Å². The van der Waals surface area contributed by atoms with Gasteiger partial charge in [0.2, 0.25) is 5.91 Å². The predicted molar refractivity (Wildman–Crippen MR) is 109 cm³/mol. The van der Waals surface area contributed by atoms with Crippen LogP contribution in [0.1, 0.15) is 41.9 Å². The van der Waals surface area contributed by atoms with Gasteiger partial charge < -0.3 is 15.6 Å². The Morgan fingerprint density at radius 2 is 1.86 bits per heavy atom. The van der Waals surface area contributed by atoms with Crippen molar-refractivity contribution < 1.29 is 14.0 Å². The standard InChI is InChI=1S/C22H24FN3O2/c1-4-13(2)24-22(28)15-5-8-17(9-6-15)26-21(27)12-18-14(3)25-20-10-7-16(23)11-19(18)20/h5-11,13,25H,4,12H2,1-3H3,(H,24,28)(H,26,27). The Balaban J connectivity index is 1.68. The van der Waals surface area contributed by atoms with Crippen molar-refractivity contribution in [3.05, 3.63) is 65.1 Å². The lowest BCUT2D eigenvalue weighted by Crippen LogP contribution is -2.31. The summed E-state index contributed by atoms with van der Waals surface area (Å²) in [6.45, 7) is 5.82. The summed E-state index contributed by atoms with van der Waals surface area (Å²) in [5.41, 5.74) is 3.57. The molecule has 1 unspecified atom stereocenters. The number of hydrogen-bond donors (Lipinski definition) is 3. The number of nitrogens with one attached hydrogen (secondary N) is 3. The second-order valence-electron chi connectivity index (χ2n) is 7.00. The largest absolute Gasteiger partial charge is 0.358 e. The topological polar surface area (TPSA) is 74.0 Å². The van der Waals surface area contributed by atoms with Crippen molar-refractivity contribution >= 4 is 28.4 Å². The van der Waals surface area contributed by atoms with Gasteiger partial charge in [0.05, 0.1) is 6.42 Å². The number of aromatic nitrogens is 1. The van der Waals surface area contributed by atoms with E-state index in [2.05, 4.69) is 15.6 Å². The number of benzene rings is 2. The zero-order valence-corrected chi connectivity index (χ0v) is 16.2. The van der Waals surface area contributed by atoms with Gasteiger partial charge in [-0.2, -0.15) is 0 Å². The maximum absolute atomic E-state index is 13.6. The summed E-state index contributed by atoms with van der Waals surface area (Å²) in [5.74, 6) is -0.673. The second-order valence-corrected chi connectivity index (χ2v) is 7.00. The Morgan fingerprint density at radius 3 is 2.54 bits per heavy atom. The van der Waals surface area contributed by atoms with Crippen LogP contribution in [0.15, 0.2) is 42.5 Å². The number of carbonyl (C=O) groups excluding carboxylic acids is 2. The monoisotopic (exact) mass is 381 g/mol. The molecule has 2 aromatic carbocycles. The number of amides is 2. The number of aryl methyl sites for hydroxylation is 1. The fourth-order valence-electron chi connectivity index (χ4n) is 3.06. The van der Waals surface area contributed by atoms with E-state index in [1.165, 1.54) is 12.1 Å². The molecule has 5 nitrogen and oxygen atoms in total. The SMILES string of the molecule is CCC(C)NC(=O)c1ccc(NC(=O)Cc2c(C)[nH]c3ccc(F)cc23)cc1. The Morgan fingerprint density at radius 1 is 1.14 bits per heavy atom. The third-order valence-corrected chi connectivity index (χ3v) is 4.84. The molecule has 3 aromatic rings. The van der Waals surface area contributed by atoms with E-state index in [1.54, 1.807) is 30.3 Å². The molecule has 0 saturated heterocycles. The first-order valence-corrected chi connectivity index (χ1v) is 9.35. The fourth-order valence-corrected chi connectivity index (χ4v) is 3.06. The molecule has 0 radical (unpaired) electrons. The van der Waals surface area contributed by atoms with Crippen LogP contribution in [0.5, 0.6) is 0 Å². The van der Waals surface area contributed by atoms with Crippen LogP contribution in [-0.2, 0) is 11.2 Å². The first-order chi connectivity index (χ1) is 13.4. The summed E-state index contributed by atoms with van der Waals surface area (Å²) in [5, 5.41) is 6.44. The number of carbonyl (C=O) groups is 2. The van der Waals surface area contributed by atoms with Crippen molar-refractivity contribution in [2.24, 2.45) is 0 Å². The summed E-state index contributed by atoms with van der Waals surface area (Å²) in [7, 11) is 0. The summed E-state index contributed by atoms with van der Waals surface area (Å²) in [4.78, 5) is 27.8. The third kappa shape index (κ3) is 4.39. The Bertz CT molecular complexity index is 1010. The highest BCUT2D eigenvalue weighted by molar-refractivity contribution is 5.98.